The molecular weight excluding hydrogens is 305 g/mol. The van der Waals surface area contributed by atoms with Crippen LogP contribution >= 0.6 is 0 Å². The molecule has 5 heteroatoms. The Morgan fingerprint density at radius 3 is 2.67 bits per heavy atom. The van der Waals surface area contributed by atoms with E-state index in [0.29, 0.717) is 17.9 Å². The number of hydrogen-bond acceptors (Lipinski definition) is 3. The Bertz CT molecular complexity index is 837. The predicted octanol–water partition coefficient (Wildman–Crippen LogP) is 4.29. The number of nitrogens with zero attached hydrogens (tertiary/aromatic N) is 2. The first-order valence-electron chi connectivity index (χ1n) is 8.03. The van der Waals surface area contributed by atoms with Crippen molar-refractivity contribution in [3.8, 4) is 11.3 Å². The molecule has 1 atom stereocenters. The van der Waals surface area contributed by atoms with Gasteiger partial charge in [0.2, 0.25) is 0 Å². The van der Waals surface area contributed by atoms with Gasteiger partial charge in [0.1, 0.15) is 17.4 Å². The van der Waals surface area contributed by atoms with Gasteiger partial charge in [0.25, 0.3) is 0 Å². The number of benzene rings is 1. The Labute approximate surface area is 141 Å². The Kier molecular flexibility index (Phi) is 4.53. The van der Waals surface area contributed by atoms with Crippen molar-refractivity contribution in [3.63, 3.8) is 0 Å². The molecule has 0 bridgehead atoms. The van der Waals surface area contributed by atoms with E-state index in [1.807, 2.05) is 40.0 Å². The zero-order chi connectivity index (χ0) is 17.3. The second-order valence-electron chi connectivity index (χ2n) is 6.07. The maximum absolute atomic E-state index is 14.3. The van der Waals surface area contributed by atoms with Crippen molar-refractivity contribution in [1.29, 1.82) is 0 Å². The molecule has 0 aliphatic carbocycles. The number of imidazole rings is 1. The summed E-state index contributed by atoms with van der Waals surface area (Å²) >= 11 is 0. The fourth-order valence-corrected chi connectivity index (χ4v) is 2.80. The van der Waals surface area contributed by atoms with Gasteiger partial charge in [0.15, 0.2) is 0 Å². The summed E-state index contributed by atoms with van der Waals surface area (Å²) in [5.41, 5.74) is 3.50. The largest absolute Gasteiger partial charge is 0.464 e. The lowest BCUT2D eigenvalue weighted by molar-refractivity contribution is 0.534. The molecule has 1 N–H and O–H groups in total. The first kappa shape index (κ1) is 16.5. The SMILES string of the molecule is Cc1nc(C(C)NCc2ccc(-c3ccco3)cc2F)c(C)n1C. The van der Waals surface area contributed by atoms with Gasteiger partial charge in [0, 0.05) is 36.5 Å². The second-order valence-corrected chi connectivity index (χ2v) is 6.07. The van der Waals surface area contributed by atoms with Crippen LogP contribution in [0.1, 0.15) is 35.7 Å². The molecule has 0 saturated heterocycles. The number of hydrogen-bond donors (Lipinski definition) is 1. The third kappa shape index (κ3) is 3.12. The third-order valence-corrected chi connectivity index (χ3v) is 4.51. The van der Waals surface area contributed by atoms with Crippen molar-refractivity contribution < 1.29 is 8.81 Å². The van der Waals surface area contributed by atoms with E-state index in [1.165, 1.54) is 6.07 Å². The first-order chi connectivity index (χ1) is 11.5. The van der Waals surface area contributed by atoms with E-state index in [2.05, 4.69) is 14.9 Å². The number of rotatable bonds is 5. The van der Waals surface area contributed by atoms with Gasteiger partial charge in [0.05, 0.1) is 12.0 Å². The topological polar surface area (TPSA) is 43.0 Å². The van der Waals surface area contributed by atoms with E-state index in [1.54, 1.807) is 18.4 Å². The van der Waals surface area contributed by atoms with Crippen molar-refractivity contribution in [2.75, 3.05) is 0 Å². The van der Waals surface area contributed by atoms with E-state index < -0.39 is 0 Å². The Hall–Kier alpha value is -2.40. The van der Waals surface area contributed by atoms with Crippen LogP contribution in [0.25, 0.3) is 11.3 Å². The van der Waals surface area contributed by atoms with Crippen LogP contribution in [0.2, 0.25) is 0 Å². The summed E-state index contributed by atoms with van der Waals surface area (Å²) < 4.78 is 21.7. The lowest BCUT2D eigenvalue weighted by atomic mass is 10.1. The number of aryl methyl sites for hydroxylation is 1. The van der Waals surface area contributed by atoms with E-state index in [-0.39, 0.29) is 11.9 Å². The standard InChI is InChI=1S/C19H22FN3O/c1-12(19-13(2)23(4)14(3)22-19)21-11-16-8-7-15(10-17(16)20)18-6-5-9-24-18/h5-10,12,21H,11H2,1-4H3. The van der Waals surface area contributed by atoms with Crippen LogP contribution in [0.4, 0.5) is 4.39 Å². The van der Waals surface area contributed by atoms with Crippen molar-refractivity contribution in [2.45, 2.75) is 33.4 Å². The maximum Gasteiger partial charge on any atom is 0.133 e. The molecule has 0 aliphatic heterocycles. The van der Waals surface area contributed by atoms with Gasteiger partial charge in [-0.1, -0.05) is 12.1 Å². The van der Waals surface area contributed by atoms with Crippen LogP contribution in [-0.2, 0) is 13.6 Å². The molecule has 24 heavy (non-hydrogen) atoms. The quantitative estimate of drug-likeness (QED) is 0.760. The maximum atomic E-state index is 14.3. The molecule has 4 nitrogen and oxygen atoms in total. The molecule has 0 saturated carbocycles. The monoisotopic (exact) mass is 327 g/mol. The highest BCUT2D eigenvalue weighted by Gasteiger charge is 2.15. The third-order valence-electron chi connectivity index (χ3n) is 4.51. The van der Waals surface area contributed by atoms with Crippen LogP contribution in [0, 0.1) is 19.7 Å². The van der Waals surface area contributed by atoms with E-state index >= 15 is 0 Å². The summed E-state index contributed by atoms with van der Waals surface area (Å²) in [6, 6.07) is 8.84. The van der Waals surface area contributed by atoms with Crippen LogP contribution in [0.3, 0.4) is 0 Å². The van der Waals surface area contributed by atoms with Crippen molar-refractivity contribution in [2.24, 2.45) is 7.05 Å². The fraction of sp³-hybridized carbons (Fsp3) is 0.316. The van der Waals surface area contributed by atoms with Crippen LogP contribution in [0.15, 0.2) is 41.0 Å². The predicted molar refractivity (Wildman–Crippen MR) is 92.0 cm³/mol. The minimum absolute atomic E-state index is 0.0500. The highest BCUT2D eigenvalue weighted by Crippen LogP contribution is 2.23. The van der Waals surface area contributed by atoms with Gasteiger partial charge in [-0.25, -0.2) is 9.37 Å². The average molecular weight is 327 g/mol. The van der Waals surface area contributed by atoms with Gasteiger partial charge >= 0.3 is 0 Å². The highest BCUT2D eigenvalue weighted by atomic mass is 19.1. The smallest absolute Gasteiger partial charge is 0.133 e. The molecule has 3 rings (SSSR count). The number of furan rings is 1. The summed E-state index contributed by atoms with van der Waals surface area (Å²) in [5, 5.41) is 3.35. The Morgan fingerprint density at radius 2 is 2.08 bits per heavy atom. The molecule has 0 radical (unpaired) electrons. The normalized spacial score (nSPS) is 12.5. The molecule has 0 amide bonds. The molecule has 1 aromatic carbocycles. The van der Waals surface area contributed by atoms with E-state index in [4.69, 9.17) is 4.42 Å². The second kappa shape index (κ2) is 6.61. The van der Waals surface area contributed by atoms with Crippen molar-refractivity contribution in [1.82, 2.24) is 14.9 Å². The summed E-state index contributed by atoms with van der Waals surface area (Å²) in [4.78, 5) is 4.59. The molecule has 2 heterocycles. The number of nitrogens with one attached hydrogen (secondary N) is 1. The van der Waals surface area contributed by atoms with Gasteiger partial charge < -0.3 is 14.3 Å². The molecule has 2 aromatic heterocycles. The minimum Gasteiger partial charge on any atom is -0.464 e. The lowest BCUT2D eigenvalue weighted by Crippen LogP contribution is -2.20. The summed E-state index contributed by atoms with van der Waals surface area (Å²) in [7, 11) is 2.00. The highest BCUT2D eigenvalue weighted by molar-refractivity contribution is 5.57. The van der Waals surface area contributed by atoms with Crippen molar-refractivity contribution >= 4 is 0 Å². The summed E-state index contributed by atoms with van der Waals surface area (Å²) in [6.07, 6.45) is 1.58. The lowest BCUT2D eigenvalue weighted by Gasteiger charge is -2.14. The fourth-order valence-electron chi connectivity index (χ4n) is 2.80. The summed E-state index contributed by atoms with van der Waals surface area (Å²) in [5.74, 6) is 1.41. The van der Waals surface area contributed by atoms with E-state index in [0.717, 1.165) is 22.8 Å². The van der Waals surface area contributed by atoms with Crippen LogP contribution in [-0.4, -0.2) is 9.55 Å². The first-order valence-corrected chi connectivity index (χ1v) is 8.03. The molecule has 0 aliphatic rings. The Balaban J connectivity index is 1.71. The summed E-state index contributed by atoms with van der Waals surface area (Å²) in [6.45, 7) is 6.52. The molecular formula is C19H22FN3O. The zero-order valence-corrected chi connectivity index (χ0v) is 14.4. The van der Waals surface area contributed by atoms with Gasteiger partial charge in [-0.05, 0) is 39.0 Å². The van der Waals surface area contributed by atoms with Gasteiger partial charge in [-0.15, -0.1) is 0 Å². The number of halogens is 1. The molecule has 3 aromatic rings. The van der Waals surface area contributed by atoms with Crippen LogP contribution in [0.5, 0.6) is 0 Å². The molecule has 126 valence electrons. The van der Waals surface area contributed by atoms with E-state index in [9.17, 15) is 4.39 Å². The molecule has 0 fully saturated rings. The Morgan fingerprint density at radius 1 is 1.29 bits per heavy atom. The van der Waals surface area contributed by atoms with Crippen molar-refractivity contribution in [3.05, 3.63) is 65.2 Å². The minimum atomic E-state index is -0.238. The average Bonchev–Trinajstić information content (AvgIpc) is 3.18. The van der Waals surface area contributed by atoms with Gasteiger partial charge in [-0.3, -0.25) is 0 Å². The van der Waals surface area contributed by atoms with Crippen LogP contribution < -0.4 is 5.32 Å². The van der Waals surface area contributed by atoms with Gasteiger partial charge in [-0.2, -0.15) is 0 Å². The molecule has 0 spiro atoms. The molecule has 1 unspecified atom stereocenters. The zero-order valence-electron chi connectivity index (χ0n) is 14.4. The number of aromatic nitrogens is 2.